The van der Waals surface area contributed by atoms with Crippen LogP contribution in [0.5, 0.6) is 0 Å². The van der Waals surface area contributed by atoms with Crippen LogP contribution in [0.1, 0.15) is 34.3 Å². The zero-order valence-electron chi connectivity index (χ0n) is 14.8. The van der Waals surface area contributed by atoms with E-state index in [4.69, 9.17) is 0 Å². The monoisotopic (exact) mass is 366 g/mol. The van der Waals surface area contributed by atoms with Gasteiger partial charge in [0.1, 0.15) is 5.82 Å². The zero-order valence-corrected chi connectivity index (χ0v) is 14.8. The van der Waals surface area contributed by atoms with Gasteiger partial charge in [-0.2, -0.15) is 0 Å². The Labute approximate surface area is 155 Å². The molecule has 0 radical (unpaired) electrons. The fourth-order valence-corrected chi connectivity index (χ4v) is 2.79. The average Bonchev–Trinajstić information content (AvgIpc) is 2.65. The first-order valence-corrected chi connectivity index (χ1v) is 8.60. The number of hydrogen-bond acceptors (Lipinski definition) is 3. The summed E-state index contributed by atoms with van der Waals surface area (Å²) in [5, 5.41) is 3.56. The number of carbonyl (C=O) groups excluding carboxylic acids is 2. The standard InChI is InChI=1S/C21H19FN2O3/c1-13-2-7-18-15(10-13)11-16(21(27)24-18)12-23-20(26)9-8-19(25)14-3-5-17(22)6-4-14/h2-7,10-11H,8-9,12H2,1H3,(H,23,26)(H,24,27). The van der Waals surface area contributed by atoms with Gasteiger partial charge in [0.25, 0.3) is 5.56 Å². The van der Waals surface area contributed by atoms with Crippen molar-refractivity contribution in [2.24, 2.45) is 0 Å². The molecule has 0 aliphatic heterocycles. The molecule has 0 unspecified atom stereocenters. The van der Waals surface area contributed by atoms with Crippen LogP contribution in [0.25, 0.3) is 10.9 Å². The van der Waals surface area contributed by atoms with E-state index >= 15 is 0 Å². The van der Waals surface area contributed by atoms with Gasteiger partial charge in [0.2, 0.25) is 5.91 Å². The molecule has 0 fully saturated rings. The second-order valence-electron chi connectivity index (χ2n) is 6.42. The fraction of sp³-hybridized carbons (Fsp3) is 0.190. The first-order valence-electron chi connectivity index (χ1n) is 8.60. The summed E-state index contributed by atoms with van der Waals surface area (Å²) in [4.78, 5) is 38.9. The van der Waals surface area contributed by atoms with E-state index in [-0.39, 0.29) is 36.6 Å². The molecule has 138 valence electrons. The van der Waals surface area contributed by atoms with Crippen LogP contribution in [-0.2, 0) is 11.3 Å². The van der Waals surface area contributed by atoms with Crippen LogP contribution in [-0.4, -0.2) is 16.7 Å². The van der Waals surface area contributed by atoms with E-state index in [0.717, 1.165) is 16.5 Å². The van der Waals surface area contributed by atoms with Gasteiger partial charge in [0, 0.05) is 36.0 Å². The number of pyridine rings is 1. The molecule has 2 aromatic carbocycles. The molecular formula is C21H19FN2O3. The molecule has 27 heavy (non-hydrogen) atoms. The topological polar surface area (TPSA) is 79.0 Å². The molecule has 5 nitrogen and oxygen atoms in total. The van der Waals surface area contributed by atoms with Gasteiger partial charge in [-0.15, -0.1) is 0 Å². The summed E-state index contributed by atoms with van der Waals surface area (Å²) in [5.74, 6) is -0.974. The van der Waals surface area contributed by atoms with Gasteiger partial charge in [-0.25, -0.2) is 4.39 Å². The third-order valence-corrected chi connectivity index (χ3v) is 4.30. The number of aryl methyl sites for hydroxylation is 1. The molecule has 1 heterocycles. The van der Waals surface area contributed by atoms with Crippen LogP contribution in [0.15, 0.2) is 53.3 Å². The molecule has 0 saturated carbocycles. The van der Waals surface area contributed by atoms with Crippen molar-refractivity contribution in [2.75, 3.05) is 0 Å². The Kier molecular flexibility index (Phi) is 5.45. The number of aromatic amines is 1. The summed E-state index contributed by atoms with van der Waals surface area (Å²) in [6.45, 7) is 2.05. The molecule has 1 amide bonds. The second kappa shape index (κ2) is 7.95. The highest BCUT2D eigenvalue weighted by Crippen LogP contribution is 2.13. The van der Waals surface area contributed by atoms with Crippen molar-refractivity contribution in [3.8, 4) is 0 Å². The predicted molar refractivity (Wildman–Crippen MR) is 101 cm³/mol. The van der Waals surface area contributed by atoms with Gasteiger partial charge < -0.3 is 10.3 Å². The van der Waals surface area contributed by atoms with Gasteiger partial charge in [0.15, 0.2) is 5.78 Å². The normalized spacial score (nSPS) is 10.7. The van der Waals surface area contributed by atoms with Crippen LogP contribution in [0.2, 0.25) is 0 Å². The van der Waals surface area contributed by atoms with Crippen LogP contribution in [0.3, 0.4) is 0 Å². The Morgan fingerprint density at radius 1 is 1.04 bits per heavy atom. The lowest BCUT2D eigenvalue weighted by molar-refractivity contribution is -0.121. The first-order chi connectivity index (χ1) is 12.9. The summed E-state index contributed by atoms with van der Waals surface area (Å²) >= 11 is 0. The number of benzene rings is 2. The number of rotatable bonds is 6. The maximum atomic E-state index is 12.9. The van der Waals surface area contributed by atoms with Crippen molar-refractivity contribution in [3.05, 3.63) is 81.4 Å². The summed E-state index contributed by atoms with van der Waals surface area (Å²) < 4.78 is 12.9. The molecule has 0 atom stereocenters. The van der Waals surface area contributed by atoms with Crippen molar-refractivity contribution >= 4 is 22.6 Å². The number of carbonyl (C=O) groups is 2. The molecule has 0 aliphatic carbocycles. The third-order valence-electron chi connectivity index (χ3n) is 4.30. The highest BCUT2D eigenvalue weighted by molar-refractivity contribution is 5.97. The van der Waals surface area contributed by atoms with Crippen molar-refractivity contribution in [1.82, 2.24) is 10.3 Å². The van der Waals surface area contributed by atoms with Crippen LogP contribution in [0.4, 0.5) is 4.39 Å². The number of fused-ring (bicyclic) bond motifs is 1. The SMILES string of the molecule is Cc1ccc2[nH]c(=O)c(CNC(=O)CCC(=O)c3ccc(F)cc3)cc2c1. The number of hydrogen-bond donors (Lipinski definition) is 2. The quantitative estimate of drug-likeness (QED) is 0.657. The highest BCUT2D eigenvalue weighted by Gasteiger charge is 2.10. The number of Topliss-reactive ketones (excluding diaryl/α,β-unsaturated/α-hetero) is 1. The summed E-state index contributed by atoms with van der Waals surface area (Å²) in [7, 11) is 0. The van der Waals surface area contributed by atoms with E-state index in [0.29, 0.717) is 11.1 Å². The van der Waals surface area contributed by atoms with Crippen molar-refractivity contribution in [2.45, 2.75) is 26.3 Å². The molecule has 0 aliphatic rings. The maximum absolute atomic E-state index is 12.9. The molecule has 1 aromatic heterocycles. The molecule has 0 bridgehead atoms. The molecule has 6 heteroatoms. The second-order valence-corrected chi connectivity index (χ2v) is 6.42. The lowest BCUT2D eigenvalue weighted by Crippen LogP contribution is -2.27. The maximum Gasteiger partial charge on any atom is 0.253 e. The van der Waals surface area contributed by atoms with Gasteiger partial charge >= 0.3 is 0 Å². The van der Waals surface area contributed by atoms with E-state index in [1.54, 1.807) is 6.07 Å². The number of nitrogens with one attached hydrogen (secondary N) is 2. The Bertz CT molecular complexity index is 1060. The Balaban J connectivity index is 1.58. The highest BCUT2D eigenvalue weighted by atomic mass is 19.1. The predicted octanol–water partition coefficient (Wildman–Crippen LogP) is 3.25. The molecular weight excluding hydrogens is 347 g/mol. The third kappa shape index (κ3) is 4.67. The van der Waals surface area contributed by atoms with E-state index in [1.807, 2.05) is 25.1 Å². The van der Waals surface area contributed by atoms with Crippen molar-refractivity contribution in [3.63, 3.8) is 0 Å². The molecule has 0 saturated heterocycles. The minimum atomic E-state index is -0.417. The van der Waals surface area contributed by atoms with Crippen LogP contribution >= 0.6 is 0 Å². The number of ketones is 1. The fourth-order valence-electron chi connectivity index (χ4n) is 2.79. The Morgan fingerprint density at radius 3 is 2.52 bits per heavy atom. The number of halogens is 1. The van der Waals surface area contributed by atoms with Crippen molar-refractivity contribution in [1.29, 1.82) is 0 Å². The van der Waals surface area contributed by atoms with Gasteiger partial charge in [-0.05, 0) is 54.8 Å². The molecule has 3 rings (SSSR count). The van der Waals surface area contributed by atoms with E-state index < -0.39 is 5.82 Å². The van der Waals surface area contributed by atoms with Gasteiger partial charge in [0.05, 0.1) is 0 Å². The first kappa shape index (κ1) is 18.5. The average molecular weight is 366 g/mol. The minimum absolute atomic E-state index is 0.000798. The number of aromatic nitrogens is 1. The Morgan fingerprint density at radius 2 is 1.78 bits per heavy atom. The minimum Gasteiger partial charge on any atom is -0.352 e. The number of amides is 1. The molecule has 3 aromatic rings. The summed E-state index contributed by atoms with van der Waals surface area (Å²) in [6, 6.07) is 12.7. The largest absolute Gasteiger partial charge is 0.352 e. The zero-order chi connectivity index (χ0) is 19.4. The van der Waals surface area contributed by atoms with E-state index in [9.17, 15) is 18.8 Å². The van der Waals surface area contributed by atoms with Crippen molar-refractivity contribution < 1.29 is 14.0 Å². The van der Waals surface area contributed by atoms with Crippen LogP contribution < -0.4 is 10.9 Å². The van der Waals surface area contributed by atoms with Crippen LogP contribution in [0, 0.1) is 12.7 Å². The lowest BCUT2D eigenvalue weighted by atomic mass is 10.1. The lowest BCUT2D eigenvalue weighted by Gasteiger charge is -2.07. The smallest absolute Gasteiger partial charge is 0.253 e. The molecule has 2 N–H and O–H groups in total. The van der Waals surface area contributed by atoms with Gasteiger partial charge in [-0.1, -0.05) is 11.6 Å². The summed E-state index contributed by atoms with van der Waals surface area (Å²) in [5.41, 5.74) is 2.38. The molecule has 0 spiro atoms. The summed E-state index contributed by atoms with van der Waals surface area (Å²) in [6.07, 6.45) is 0.0194. The number of H-pyrrole nitrogens is 1. The Hall–Kier alpha value is -3.28. The van der Waals surface area contributed by atoms with Gasteiger partial charge in [-0.3, -0.25) is 14.4 Å². The van der Waals surface area contributed by atoms with E-state index in [1.165, 1.54) is 24.3 Å². The van der Waals surface area contributed by atoms with E-state index in [2.05, 4.69) is 10.3 Å².